The molecule has 2 heterocycles. The van der Waals surface area contributed by atoms with E-state index in [4.69, 9.17) is 31.6 Å². The predicted octanol–water partition coefficient (Wildman–Crippen LogP) is 4.40. The summed E-state index contributed by atoms with van der Waals surface area (Å²) < 4.78 is 0. The number of carboxylic acids is 2. The van der Waals surface area contributed by atoms with Gasteiger partial charge in [-0.2, -0.15) is 0 Å². The molecule has 0 saturated carbocycles. The molecule has 2 aliphatic heterocycles. The largest absolute Gasteiger partial charge is 0.480 e. The number of aliphatic carboxylic acids is 2. The maximum absolute atomic E-state index is 12.0. The van der Waals surface area contributed by atoms with Crippen LogP contribution in [0, 0.1) is 11.8 Å². The molecule has 0 amide bonds. The van der Waals surface area contributed by atoms with E-state index in [1.54, 1.807) is 0 Å². The Balaban J connectivity index is 0.000000214. The number of unbranched alkanes of at least 4 members (excludes halogenated alkanes) is 2. The third-order valence-electron chi connectivity index (χ3n) is 13.5. The molecule has 2 aromatic rings. The Morgan fingerprint density at radius 2 is 0.946 bits per heavy atom. The van der Waals surface area contributed by atoms with E-state index < -0.39 is 37.3 Å². The second-order valence-electron chi connectivity index (χ2n) is 17.0. The smallest absolute Gasteiger partial charge is 0.451 e. The Hall–Kier alpha value is -2.81. The predicted molar refractivity (Wildman–Crippen MR) is 220 cm³/mol. The number of hydrogen-bond donors (Lipinski definition) is 8. The molecule has 56 heavy (non-hydrogen) atoms. The lowest BCUT2D eigenvalue weighted by Crippen LogP contribution is -2.57. The number of carbonyl (C=O) groups is 2. The number of likely N-dealkylation sites (tertiary alicyclic amines) is 2. The molecule has 0 aromatic heterocycles. The van der Waals surface area contributed by atoms with E-state index in [2.05, 4.69) is 58.3 Å². The van der Waals surface area contributed by atoms with Gasteiger partial charge in [0.15, 0.2) is 0 Å². The standard InChI is InChI=1S/2C21H33BN2O4/c2*23-21(20(25)26,12-3-4-13-22(27)28)17-10-14-24(15-11-17)19-9-5-7-16-6-1-2-8-18(16)19/h2*1-2,6,8,17,19,27-28H,3-5,7,9-15,23H2,(H,25,26). The molecule has 14 heteroatoms. The molecular weight excluding hydrogens is 710 g/mol. The van der Waals surface area contributed by atoms with Crippen LogP contribution < -0.4 is 11.5 Å². The topological polar surface area (TPSA) is 214 Å². The fraction of sp³-hybridized carbons (Fsp3) is 0.667. The van der Waals surface area contributed by atoms with Crippen molar-refractivity contribution in [1.29, 1.82) is 0 Å². The van der Waals surface area contributed by atoms with E-state index >= 15 is 0 Å². The van der Waals surface area contributed by atoms with Crippen molar-refractivity contribution in [1.82, 2.24) is 9.80 Å². The Morgan fingerprint density at radius 3 is 1.29 bits per heavy atom. The summed E-state index contributed by atoms with van der Waals surface area (Å²) in [6.07, 6.45) is 13.8. The fourth-order valence-corrected chi connectivity index (χ4v) is 10.1. The monoisotopic (exact) mass is 777 g/mol. The SMILES string of the molecule is NC(CCCCB(O)O)(C(=O)O)C1CCN(C2CCCc3ccccc32)CC1.NC(CCCCB(O)O)(C(=O)O)C1CCN(C2CCCc3ccccc32)CC1. The van der Waals surface area contributed by atoms with Crippen LogP contribution in [0.3, 0.4) is 0 Å². The Bertz CT molecular complexity index is 1440. The molecule has 4 atom stereocenters. The van der Waals surface area contributed by atoms with Crippen molar-refractivity contribution >= 4 is 26.2 Å². The maximum Gasteiger partial charge on any atom is 0.451 e. The summed E-state index contributed by atoms with van der Waals surface area (Å²) >= 11 is 0. The molecular formula is C42H66B2N4O8. The van der Waals surface area contributed by atoms with Gasteiger partial charge in [-0.15, -0.1) is 0 Å². The summed E-state index contributed by atoms with van der Waals surface area (Å²) in [4.78, 5) is 28.9. The van der Waals surface area contributed by atoms with Crippen LogP contribution in [0.5, 0.6) is 0 Å². The highest BCUT2D eigenvalue weighted by Crippen LogP contribution is 2.40. The van der Waals surface area contributed by atoms with Gasteiger partial charge in [0.1, 0.15) is 11.1 Å². The zero-order valence-electron chi connectivity index (χ0n) is 33.2. The maximum atomic E-state index is 12.0. The van der Waals surface area contributed by atoms with Crippen LogP contribution in [-0.4, -0.2) is 104 Å². The average molecular weight is 777 g/mol. The second-order valence-corrected chi connectivity index (χ2v) is 17.0. The van der Waals surface area contributed by atoms with Crippen molar-refractivity contribution < 1.29 is 39.9 Å². The van der Waals surface area contributed by atoms with Crippen molar-refractivity contribution in [3.05, 3.63) is 70.8 Å². The fourth-order valence-electron chi connectivity index (χ4n) is 10.1. The number of fused-ring (bicyclic) bond motifs is 2. The molecule has 4 aliphatic rings. The zero-order valence-corrected chi connectivity index (χ0v) is 33.2. The molecule has 10 N–H and O–H groups in total. The molecule has 308 valence electrons. The van der Waals surface area contributed by atoms with Gasteiger partial charge in [0.25, 0.3) is 0 Å². The minimum absolute atomic E-state index is 0.0425. The molecule has 0 radical (unpaired) electrons. The minimum atomic E-state index is -1.33. The Kier molecular flexibility index (Phi) is 16.4. The van der Waals surface area contributed by atoms with Crippen molar-refractivity contribution in [2.75, 3.05) is 26.2 Å². The number of aryl methyl sites for hydroxylation is 2. The van der Waals surface area contributed by atoms with Crippen LogP contribution in [0.25, 0.3) is 0 Å². The van der Waals surface area contributed by atoms with E-state index in [1.165, 1.54) is 35.1 Å². The molecule has 6 rings (SSSR count). The van der Waals surface area contributed by atoms with E-state index in [1.807, 2.05) is 0 Å². The molecule has 0 bridgehead atoms. The summed E-state index contributed by atoms with van der Waals surface area (Å²) in [5.41, 5.74) is 16.1. The number of nitrogens with zero attached hydrogens (tertiary/aromatic N) is 2. The van der Waals surface area contributed by atoms with Gasteiger partial charge in [-0.1, -0.05) is 74.2 Å². The first-order valence-electron chi connectivity index (χ1n) is 21.2. The third-order valence-corrected chi connectivity index (χ3v) is 13.5. The quantitative estimate of drug-likeness (QED) is 0.0880. The van der Waals surface area contributed by atoms with Gasteiger partial charge < -0.3 is 41.8 Å². The molecule has 2 fully saturated rings. The lowest BCUT2D eigenvalue weighted by atomic mass is 9.73. The van der Waals surface area contributed by atoms with E-state index in [0.717, 1.165) is 77.5 Å². The van der Waals surface area contributed by atoms with Gasteiger partial charge in [0.05, 0.1) is 0 Å². The molecule has 12 nitrogen and oxygen atoms in total. The highest BCUT2D eigenvalue weighted by atomic mass is 16.4. The van der Waals surface area contributed by atoms with Crippen molar-refractivity contribution in [2.45, 2.75) is 139 Å². The first-order valence-corrected chi connectivity index (χ1v) is 21.2. The molecule has 2 aromatic carbocycles. The van der Waals surface area contributed by atoms with Gasteiger partial charge in [0.2, 0.25) is 0 Å². The lowest BCUT2D eigenvalue weighted by molar-refractivity contribution is -0.148. The van der Waals surface area contributed by atoms with E-state index in [9.17, 15) is 19.8 Å². The number of carboxylic acid groups (broad SMARTS) is 2. The minimum Gasteiger partial charge on any atom is -0.480 e. The zero-order chi connectivity index (χ0) is 40.3. The second kappa shape index (κ2) is 20.7. The molecule has 4 unspecified atom stereocenters. The highest BCUT2D eigenvalue weighted by molar-refractivity contribution is 6.41. The van der Waals surface area contributed by atoms with E-state index in [0.29, 0.717) is 50.6 Å². The number of piperidine rings is 2. The normalized spacial score (nSPS) is 23.0. The van der Waals surface area contributed by atoms with Crippen LogP contribution >= 0.6 is 0 Å². The summed E-state index contributed by atoms with van der Waals surface area (Å²) in [5.74, 6) is -1.95. The van der Waals surface area contributed by atoms with E-state index in [-0.39, 0.29) is 24.5 Å². The first kappa shape index (κ1) is 44.3. The molecule has 0 spiro atoms. The van der Waals surface area contributed by atoms with Gasteiger partial charge in [-0.25, -0.2) is 0 Å². The van der Waals surface area contributed by atoms with Crippen LogP contribution in [-0.2, 0) is 22.4 Å². The molecule has 2 saturated heterocycles. The summed E-state index contributed by atoms with van der Waals surface area (Å²) in [6.45, 7) is 3.52. The number of nitrogens with two attached hydrogens (primary N) is 2. The summed E-state index contributed by atoms with van der Waals surface area (Å²) in [7, 11) is -2.67. The van der Waals surface area contributed by atoms with Crippen molar-refractivity contribution in [3.63, 3.8) is 0 Å². The average Bonchev–Trinajstić information content (AvgIpc) is 3.20. The van der Waals surface area contributed by atoms with Gasteiger partial charge in [0, 0.05) is 12.1 Å². The lowest BCUT2D eigenvalue weighted by Gasteiger charge is -2.44. The number of rotatable bonds is 16. The van der Waals surface area contributed by atoms with Crippen LogP contribution in [0.2, 0.25) is 12.6 Å². The van der Waals surface area contributed by atoms with Gasteiger partial charge in [-0.3, -0.25) is 19.4 Å². The van der Waals surface area contributed by atoms with Crippen LogP contribution in [0.4, 0.5) is 0 Å². The van der Waals surface area contributed by atoms with Crippen molar-refractivity contribution in [3.8, 4) is 0 Å². The molecule has 2 aliphatic carbocycles. The number of hydrogen-bond acceptors (Lipinski definition) is 10. The summed E-state index contributed by atoms with van der Waals surface area (Å²) in [5, 5.41) is 55.5. The highest BCUT2D eigenvalue weighted by Gasteiger charge is 2.45. The van der Waals surface area contributed by atoms with Gasteiger partial charge in [-0.05, 0) is 150 Å². The number of benzene rings is 2. The summed E-state index contributed by atoms with van der Waals surface area (Å²) in [6, 6.07) is 18.3. The van der Waals surface area contributed by atoms with Crippen molar-refractivity contribution in [2.24, 2.45) is 23.3 Å². The van der Waals surface area contributed by atoms with Crippen LogP contribution in [0.1, 0.15) is 124 Å². The Morgan fingerprint density at radius 1 is 0.589 bits per heavy atom. The first-order chi connectivity index (χ1) is 26.8. The Labute approximate surface area is 333 Å². The van der Waals surface area contributed by atoms with Gasteiger partial charge >= 0.3 is 26.2 Å². The third kappa shape index (κ3) is 11.2. The van der Waals surface area contributed by atoms with Crippen LogP contribution in [0.15, 0.2) is 48.5 Å².